The van der Waals surface area contributed by atoms with E-state index in [9.17, 15) is 9.59 Å². The van der Waals surface area contributed by atoms with Crippen LogP contribution in [0.25, 0.3) is 0 Å². The van der Waals surface area contributed by atoms with Gasteiger partial charge in [-0.2, -0.15) is 0 Å². The van der Waals surface area contributed by atoms with Gasteiger partial charge < -0.3 is 9.47 Å². The van der Waals surface area contributed by atoms with Crippen molar-refractivity contribution in [3.8, 4) is 0 Å². The molecule has 0 aromatic heterocycles. The predicted octanol–water partition coefficient (Wildman–Crippen LogP) is 5.30. The fourth-order valence-electron chi connectivity index (χ4n) is 3.05. The number of esters is 2. The van der Waals surface area contributed by atoms with E-state index >= 15 is 0 Å². The minimum Gasteiger partial charge on any atom is -0.458 e. The molecule has 4 heteroatoms. The van der Waals surface area contributed by atoms with Crippen molar-refractivity contribution >= 4 is 11.9 Å². The molecule has 0 N–H and O–H groups in total. The van der Waals surface area contributed by atoms with Crippen LogP contribution in [0.2, 0.25) is 0 Å². The lowest BCUT2D eigenvalue weighted by Gasteiger charge is -2.22. The molecule has 2 rings (SSSR count). The maximum Gasteiger partial charge on any atom is 0.338 e. The summed E-state index contributed by atoms with van der Waals surface area (Å²) < 4.78 is 10.7. The molecule has 2 aromatic rings. The fourth-order valence-corrected chi connectivity index (χ4v) is 3.05. The highest BCUT2D eigenvalue weighted by atomic mass is 16.6. The van der Waals surface area contributed by atoms with Gasteiger partial charge in [-0.05, 0) is 34.1 Å². The zero-order chi connectivity index (χ0) is 20.9. The number of benzene rings is 2. The van der Waals surface area contributed by atoms with Crippen LogP contribution in [0.1, 0.15) is 73.4 Å². The van der Waals surface area contributed by atoms with Crippen LogP contribution in [-0.4, -0.2) is 25.2 Å². The van der Waals surface area contributed by atoms with Crippen LogP contribution < -0.4 is 0 Å². The maximum absolute atomic E-state index is 12.4. The van der Waals surface area contributed by atoms with Gasteiger partial charge in [0.05, 0.1) is 11.1 Å². The average Bonchev–Trinajstić information content (AvgIpc) is 2.63. The summed E-state index contributed by atoms with van der Waals surface area (Å²) >= 11 is 0. The third-order valence-corrected chi connectivity index (χ3v) is 4.46. The van der Waals surface area contributed by atoms with Gasteiger partial charge in [0.25, 0.3) is 0 Å². The van der Waals surface area contributed by atoms with Crippen LogP contribution in [0.4, 0.5) is 0 Å². The molecule has 0 heterocycles. The lowest BCUT2D eigenvalue weighted by atomic mass is 9.84. The highest BCUT2D eigenvalue weighted by Gasteiger charge is 2.23. The molecule has 4 nitrogen and oxygen atoms in total. The van der Waals surface area contributed by atoms with Gasteiger partial charge in [-0.1, -0.05) is 77.9 Å². The lowest BCUT2D eigenvalue weighted by molar-refractivity contribution is 0.0263. The Kier molecular flexibility index (Phi) is 6.65. The number of rotatable bonds is 5. The Morgan fingerprint density at radius 3 is 1.29 bits per heavy atom. The molecule has 0 aliphatic carbocycles. The molecule has 0 radical (unpaired) electrons. The van der Waals surface area contributed by atoms with E-state index in [1.807, 2.05) is 77.9 Å². The van der Waals surface area contributed by atoms with Crippen molar-refractivity contribution in [3.63, 3.8) is 0 Å². The fraction of sp³-hybridized carbons (Fsp3) is 0.417. The Labute approximate surface area is 167 Å². The molecule has 0 amide bonds. The van der Waals surface area contributed by atoms with Crippen molar-refractivity contribution in [2.75, 3.05) is 13.2 Å². The first-order chi connectivity index (χ1) is 13.0. The van der Waals surface area contributed by atoms with Gasteiger partial charge in [0.2, 0.25) is 0 Å². The van der Waals surface area contributed by atoms with E-state index in [2.05, 4.69) is 0 Å². The Balaban J connectivity index is 1.96. The molecule has 0 saturated heterocycles. The van der Waals surface area contributed by atoms with Crippen molar-refractivity contribution in [2.45, 2.75) is 52.4 Å². The van der Waals surface area contributed by atoms with Crippen LogP contribution in [-0.2, 0) is 20.3 Å². The molecule has 28 heavy (non-hydrogen) atoms. The smallest absolute Gasteiger partial charge is 0.338 e. The summed E-state index contributed by atoms with van der Waals surface area (Å²) in [5, 5.41) is 0. The van der Waals surface area contributed by atoms with Crippen molar-refractivity contribution in [2.24, 2.45) is 0 Å². The first kappa shape index (κ1) is 21.7. The molecule has 0 saturated carbocycles. The molecule has 150 valence electrons. The van der Waals surface area contributed by atoms with Crippen LogP contribution in [0.3, 0.4) is 0 Å². The van der Waals surface area contributed by atoms with Crippen molar-refractivity contribution in [1.82, 2.24) is 0 Å². The van der Waals surface area contributed by atoms with Gasteiger partial charge in [-0.25, -0.2) is 9.59 Å². The maximum atomic E-state index is 12.4. The summed E-state index contributed by atoms with van der Waals surface area (Å²) in [5.74, 6) is -0.812. The van der Waals surface area contributed by atoms with Gasteiger partial charge in [0, 0.05) is 0 Å². The zero-order valence-electron chi connectivity index (χ0n) is 17.7. The minimum absolute atomic E-state index is 0.0146. The van der Waals surface area contributed by atoms with E-state index in [1.165, 1.54) is 0 Å². The van der Waals surface area contributed by atoms with Gasteiger partial charge in [-0.15, -0.1) is 0 Å². The van der Waals surface area contributed by atoms with Crippen LogP contribution in [0.5, 0.6) is 0 Å². The number of carbonyl (C=O) groups is 2. The second kappa shape index (κ2) is 8.59. The minimum atomic E-state index is -0.406. The molecule has 0 unspecified atom stereocenters. The van der Waals surface area contributed by atoms with E-state index in [1.54, 1.807) is 12.1 Å². The second-order valence-corrected chi connectivity index (χ2v) is 8.86. The van der Waals surface area contributed by atoms with E-state index in [-0.39, 0.29) is 24.0 Å². The molecule has 0 bridgehead atoms. The van der Waals surface area contributed by atoms with E-state index in [4.69, 9.17) is 9.47 Å². The molecule has 0 spiro atoms. The lowest BCUT2D eigenvalue weighted by Crippen LogP contribution is -2.21. The zero-order valence-corrected chi connectivity index (χ0v) is 17.7. The first-order valence-corrected chi connectivity index (χ1v) is 9.55. The van der Waals surface area contributed by atoms with Crippen molar-refractivity contribution in [1.29, 1.82) is 0 Å². The van der Waals surface area contributed by atoms with Crippen molar-refractivity contribution < 1.29 is 19.1 Å². The largest absolute Gasteiger partial charge is 0.458 e. The molecule has 0 fully saturated rings. The third-order valence-electron chi connectivity index (χ3n) is 4.46. The standard InChI is InChI=1S/C24H30O4/c1-23(2,3)19-13-9-7-11-17(19)21(25)27-15-16-28-22(26)18-12-8-10-14-20(18)24(4,5)6/h7-14H,15-16H2,1-6H3. The van der Waals surface area contributed by atoms with Gasteiger partial charge >= 0.3 is 11.9 Å². The number of ether oxygens (including phenoxy) is 2. The predicted molar refractivity (Wildman–Crippen MR) is 111 cm³/mol. The summed E-state index contributed by atoms with van der Waals surface area (Å²) in [6, 6.07) is 14.8. The monoisotopic (exact) mass is 382 g/mol. The van der Waals surface area contributed by atoms with Gasteiger partial charge in [0.15, 0.2) is 0 Å². The Morgan fingerprint density at radius 2 is 0.964 bits per heavy atom. The topological polar surface area (TPSA) is 52.6 Å². The summed E-state index contributed by atoms with van der Waals surface area (Å²) in [4.78, 5) is 24.9. The highest BCUT2D eigenvalue weighted by Crippen LogP contribution is 2.27. The van der Waals surface area contributed by atoms with Crippen molar-refractivity contribution in [3.05, 3.63) is 70.8 Å². The third kappa shape index (κ3) is 5.44. The number of hydrogen-bond acceptors (Lipinski definition) is 4. The number of carbonyl (C=O) groups excluding carboxylic acids is 2. The van der Waals surface area contributed by atoms with Gasteiger partial charge in [-0.3, -0.25) is 0 Å². The molecule has 0 atom stereocenters. The van der Waals surface area contributed by atoms with Gasteiger partial charge in [0.1, 0.15) is 13.2 Å². The molecule has 0 aliphatic rings. The Bertz CT molecular complexity index is 767. The van der Waals surface area contributed by atoms with E-state index in [0.29, 0.717) is 11.1 Å². The molecular formula is C24H30O4. The van der Waals surface area contributed by atoms with E-state index < -0.39 is 11.9 Å². The highest BCUT2D eigenvalue weighted by molar-refractivity contribution is 5.92. The quantitative estimate of drug-likeness (QED) is 0.520. The summed E-state index contributed by atoms with van der Waals surface area (Å²) in [6.07, 6.45) is 0. The summed E-state index contributed by atoms with van der Waals surface area (Å²) in [5.41, 5.74) is 2.60. The molecular weight excluding hydrogens is 352 g/mol. The van der Waals surface area contributed by atoms with E-state index in [0.717, 1.165) is 11.1 Å². The summed E-state index contributed by atoms with van der Waals surface area (Å²) in [6.45, 7) is 12.3. The molecule has 2 aromatic carbocycles. The Hall–Kier alpha value is -2.62. The van der Waals surface area contributed by atoms with Crippen LogP contribution in [0.15, 0.2) is 48.5 Å². The van der Waals surface area contributed by atoms with Crippen LogP contribution >= 0.6 is 0 Å². The van der Waals surface area contributed by atoms with Crippen LogP contribution in [0, 0.1) is 0 Å². The normalized spacial score (nSPS) is 11.8. The first-order valence-electron chi connectivity index (χ1n) is 9.55. The SMILES string of the molecule is CC(C)(C)c1ccccc1C(=O)OCCOC(=O)c1ccccc1C(C)(C)C. The molecule has 0 aliphatic heterocycles. The average molecular weight is 383 g/mol. The summed E-state index contributed by atoms with van der Waals surface area (Å²) in [7, 11) is 0. The second-order valence-electron chi connectivity index (χ2n) is 8.86. The number of hydrogen-bond donors (Lipinski definition) is 0. The Morgan fingerprint density at radius 1 is 0.643 bits per heavy atom.